The third-order valence-electron chi connectivity index (χ3n) is 3.97. The van der Waals surface area contributed by atoms with Gasteiger partial charge in [0.25, 0.3) is 0 Å². The van der Waals surface area contributed by atoms with Crippen molar-refractivity contribution < 1.29 is 0 Å². The van der Waals surface area contributed by atoms with Crippen molar-refractivity contribution in [2.24, 2.45) is 0 Å². The highest BCUT2D eigenvalue weighted by Crippen LogP contribution is 2.49. The molecular weight excluding hydrogens is 284 g/mol. The van der Waals surface area contributed by atoms with E-state index in [0.29, 0.717) is 5.25 Å². The van der Waals surface area contributed by atoms with E-state index in [1.807, 2.05) is 11.8 Å². The zero-order valence-corrected chi connectivity index (χ0v) is 13.0. The van der Waals surface area contributed by atoms with Crippen molar-refractivity contribution in [1.82, 2.24) is 0 Å². The van der Waals surface area contributed by atoms with E-state index in [-0.39, 0.29) is 0 Å². The summed E-state index contributed by atoms with van der Waals surface area (Å²) in [6.45, 7) is 0. The molecule has 1 aliphatic heterocycles. The van der Waals surface area contributed by atoms with Crippen LogP contribution in [0.1, 0.15) is 27.5 Å². The molecule has 0 bridgehead atoms. The predicted molar refractivity (Wildman–Crippen MR) is 96.6 cm³/mol. The fourth-order valence-electron chi connectivity index (χ4n) is 2.88. The second kappa shape index (κ2) is 5.86. The lowest BCUT2D eigenvalue weighted by Gasteiger charge is -2.26. The summed E-state index contributed by atoms with van der Waals surface area (Å²) < 4.78 is 0. The fraction of sp³-hybridized carbons (Fsp3) is 0.0476. The van der Waals surface area contributed by atoms with Gasteiger partial charge < -0.3 is 0 Å². The molecule has 0 N–H and O–H groups in total. The molecule has 0 saturated carbocycles. The Balaban J connectivity index is 1.84. The second-order valence-corrected chi connectivity index (χ2v) is 6.56. The Morgan fingerprint density at radius 3 is 2.05 bits per heavy atom. The minimum absolute atomic E-state index is 0.359. The number of fused-ring (bicyclic) bond motifs is 1. The van der Waals surface area contributed by atoms with E-state index in [4.69, 9.17) is 0 Å². The van der Waals surface area contributed by atoms with Crippen molar-refractivity contribution in [3.05, 3.63) is 107 Å². The molecule has 0 aliphatic carbocycles. The summed E-state index contributed by atoms with van der Waals surface area (Å²) >= 11 is 1.94. The SMILES string of the molecule is C1=C(c2ccccc2)SC(c2ccccc2)c2ccccc21. The quantitative estimate of drug-likeness (QED) is 0.557. The molecule has 106 valence electrons. The summed E-state index contributed by atoms with van der Waals surface area (Å²) in [5.41, 5.74) is 5.39. The maximum Gasteiger partial charge on any atom is 0.0599 e. The Morgan fingerprint density at radius 1 is 0.636 bits per heavy atom. The first-order chi connectivity index (χ1) is 10.9. The maximum atomic E-state index is 2.31. The van der Waals surface area contributed by atoms with Crippen LogP contribution in [0.15, 0.2) is 84.9 Å². The Morgan fingerprint density at radius 2 is 1.27 bits per heavy atom. The third-order valence-corrected chi connectivity index (χ3v) is 5.34. The Kier molecular flexibility index (Phi) is 3.57. The highest BCUT2D eigenvalue weighted by atomic mass is 32.2. The first-order valence-electron chi connectivity index (χ1n) is 7.49. The molecular formula is C21H16S. The Labute approximate surface area is 135 Å². The van der Waals surface area contributed by atoms with Crippen LogP contribution < -0.4 is 0 Å². The first-order valence-corrected chi connectivity index (χ1v) is 8.37. The molecule has 1 atom stereocenters. The van der Waals surface area contributed by atoms with Crippen LogP contribution in [-0.4, -0.2) is 0 Å². The molecule has 1 aliphatic rings. The van der Waals surface area contributed by atoms with Gasteiger partial charge in [0.2, 0.25) is 0 Å². The Bertz CT molecular complexity index is 804. The van der Waals surface area contributed by atoms with Crippen molar-refractivity contribution >= 4 is 22.7 Å². The molecule has 1 heteroatoms. The van der Waals surface area contributed by atoms with Gasteiger partial charge in [-0.2, -0.15) is 0 Å². The number of thioether (sulfide) groups is 1. The van der Waals surface area contributed by atoms with Crippen LogP contribution in [0.2, 0.25) is 0 Å². The van der Waals surface area contributed by atoms with Crippen LogP contribution in [0.3, 0.4) is 0 Å². The molecule has 0 nitrogen and oxygen atoms in total. The van der Waals surface area contributed by atoms with Gasteiger partial charge in [-0.15, -0.1) is 11.8 Å². The summed E-state index contributed by atoms with van der Waals surface area (Å²) in [4.78, 5) is 1.34. The summed E-state index contributed by atoms with van der Waals surface area (Å²) in [5.74, 6) is 0. The van der Waals surface area contributed by atoms with Crippen LogP contribution in [0.5, 0.6) is 0 Å². The molecule has 1 unspecified atom stereocenters. The van der Waals surface area contributed by atoms with E-state index < -0.39 is 0 Å². The smallest absolute Gasteiger partial charge is 0.0599 e. The highest BCUT2D eigenvalue weighted by molar-refractivity contribution is 8.09. The molecule has 3 aromatic rings. The summed E-state index contributed by atoms with van der Waals surface area (Å²) in [7, 11) is 0. The monoisotopic (exact) mass is 300 g/mol. The van der Waals surface area contributed by atoms with Gasteiger partial charge in [-0.05, 0) is 28.3 Å². The van der Waals surface area contributed by atoms with Crippen LogP contribution in [0.25, 0.3) is 11.0 Å². The maximum absolute atomic E-state index is 2.31. The van der Waals surface area contributed by atoms with E-state index in [1.54, 1.807) is 0 Å². The lowest BCUT2D eigenvalue weighted by Crippen LogP contribution is -2.03. The lowest BCUT2D eigenvalue weighted by molar-refractivity contribution is 1.15. The molecule has 0 fully saturated rings. The van der Waals surface area contributed by atoms with Crippen molar-refractivity contribution in [1.29, 1.82) is 0 Å². The normalized spacial score (nSPS) is 16.7. The van der Waals surface area contributed by atoms with E-state index >= 15 is 0 Å². The van der Waals surface area contributed by atoms with Gasteiger partial charge in [-0.1, -0.05) is 84.9 Å². The third kappa shape index (κ3) is 2.49. The fourth-order valence-corrected chi connectivity index (χ4v) is 4.23. The van der Waals surface area contributed by atoms with Crippen molar-refractivity contribution in [3.63, 3.8) is 0 Å². The van der Waals surface area contributed by atoms with Gasteiger partial charge in [-0.25, -0.2) is 0 Å². The van der Waals surface area contributed by atoms with Crippen LogP contribution in [0, 0.1) is 0 Å². The first kappa shape index (κ1) is 13.4. The zero-order valence-electron chi connectivity index (χ0n) is 12.1. The minimum atomic E-state index is 0.359. The predicted octanol–water partition coefficient (Wildman–Crippen LogP) is 6.02. The standard InChI is InChI=1S/C21H16S/c1-3-9-16(10-4-1)20-15-18-13-7-8-14-19(18)21(22-20)17-11-5-2-6-12-17/h1-15,21H. The van der Waals surface area contributed by atoms with Gasteiger partial charge in [0.15, 0.2) is 0 Å². The van der Waals surface area contributed by atoms with Gasteiger partial charge in [0.05, 0.1) is 5.25 Å². The number of benzene rings is 3. The molecule has 3 aromatic carbocycles. The van der Waals surface area contributed by atoms with Crippen molar-refractivity contribution in [2.75, 3.05) is 0 Å². The largest absolute Gasteiger partial charge is 0.112 e. The van der Waals surface area contributed by atoms with Crippen LogP contribution in [-0.2, 0) is 0 Å². The Hall–Kier alpha value is -2.25. The molecule has 0 aromatic heterocycles. The molecule has 22 heavy (non-hydrogen) atoms. The van der Waals surface area contributed by atoms with Gasteiger partial charge in [0.1, 0.15) is 0 Å². The summed E-state index contributed by atoms with van der Waals surface area (Å²) in [6, 6.07) is 30.2. The minimum Gasteiger partial charge on any atom is -0.112 e. The molecule has 0 radical (unpaired) electrons. The topological polar surface area (TPSA) is 0 Å². The molecule has 0 amide bonds. The van der Waals surface area contributed by atoms with E-state index in [0.717, 1.165) is 0 Å². The summed E-state index contributed by atoms with van der Waals surface area (Å²) in [6.07, 6.45) is 2.31. The summed E-state index contributed by atoms with van der Waals surface area (Å²) in [5, 5.41) is 0.359. The lowest BCUT2D eigenvalue weighted by atomic mass is 9.97. The van der Waals surface area contributed by atoms with Gasteiger partial charge >= 0.3 is 0 Å². The average Bonchev–Trinajstić information content (AvgIpc) is 2.62. The van der Waals surface area contributed by atoms with E-state index in [9.17, 15) is 0 Å². The molecule has 1 heterocycles. The van der Waals surface area contributed by atoms with Crippen LogP contribution >= 0.6 is 11.8 Å². The number of rotatable bonds is 2. The van der Waals surface area contributed by atoms with Gasteiger partial charge in [0, 0.05) is 4.91 Å². The zero-order chi connectivity index (χ0) is 14.8. The number of hydrogen-bond acceptors (Lipinski definition) is 1. The van der Waals surface area contributed by atoms with Crippen molar-refractivity contribution in [2.45, 2.75) is 5.25 Å². The average molecular weight is 300 g/mol. The second-order valence-electron chi connectivity index (χ2n) is 5.41. The van der Waals surface area contributed by atoms with Crippen LogP contribution in [0.4, 0.5) is 0 Å². The molecule has 4 rings (SSSR count). The van der Waals surface area contributed by atoms with E-state index in [2.05, 4.69) is 91.0 Å². The number of hydrogen-bond donors (Lipinski definition) is 0. The highest BCUT2D eigenvalue weighted by Gasteiger charge is 2.23. The van der Waals surface area contributed by atoms with Crippen molar-refractivity contribution in [3.8, 4) is 0 Å². The van der Waals surface area contributed by atoms with E-state index in [1.165, 1.54) is 27.2 Å². The van der Waals surface area contributed by atoms with Gasteiger partial charge in [-0.3, -0.25) is 0 Å². The molecule has 0 saturated heterocycles. The molecule has 0 spiro atoms.